The van der Waals surface area contributed by atoms with Gasteiger partial charge in [0.05, 0.1) is 0 Å². The van der Waals surface area contributed by atoms with E-state index in [-0.39, 0.29) is 0 Å². The minimum atomic E-state index is 0.473. The second kappa shape index (κ2) is 7.98. The van der Waals surface area contributed by atoms with E-state index in [2.05, 4.69) is 36.4 Å². The van der Waals surface area contributed by atoms with E-state index in [0.717, 1.165) is 3.92 Å². The van der Waals surface area contributed by atoms with Crippen LogP contribution < -0.4 is 5.73 Å². The van der Waals surface area contributed by atoms with E-state index in [0.29, 0.717) is 11.5 Å². The SMILES string of the molecule is CCC(I)C1(C)CCCCCC(N)CCCC1. The van der Waals surface area contributed by atoms with Crippen molar-refractivity contribution < 1.29 is 0 Å². The summed E-state index contributed by atoms with van der Waals surface area (Å²) in [7, 11) is 0. The molecule has 3 unspecified atom stereocenters. The average molecular weight is 351 g/mol. The third-order valence-electron chi connectivity index (χ3n) is 4.51. The first-order valence-electron chi connectivity index (χ1n) is 7.48. The second-order valence-electron chi connectivity index (χ2n) is 6.14. The van der Waals surface area contributed by atoms with Gasteiger partial charge in [0, 0.05) is 9.97 Å². The van der Waals surface area contributed by atoms with E-state index >= 15 is 0 Å². The minimum absolute atomic E-state index is 0.473. The first-order chi connectivity index (χ1) is 8.08. The first-order valence-corrected chi connectivity index (χ1v) is 8.72. The molecule has 0 spiro atoms. The molecule has 0 saturated heterocycles. The van der Waals surface area contributed by atoms with E-state index in [1.807, 2.05) is 0 Å². The van der Waals surface area contributed by atoms with Crippen LogP contribution in [-0.4, -0.2) is 9.97 Å². The zero-order chi connectivity index (χ0) is 12.7. The van der Waals surface area contributed by atoms with Gasteiger partial charge in [0.2, 0.25) is 0 Å². The van der Waals surface area contributed by atoms with Crippen molar-refractivity contribution in [2.45, 2.75) is 88.0 Å². The number of rotatable bonds is 2. The van der Waals surface area contributed by atoms with Crippen LogP contribution in [0.3, 0.4) is 0 Å². The molecule has 1 fully saturated rings. The molecule has 0 aliphatic heterocycles. The van der Waals surface area contributed by atoms with Crippen LogP contribution in [0.1, 0.15) is 78.1 Å². The molecule has 17 heavy (non-hydrogen) atoms. The molecular formula is C15H30IN. The Kier molecular flexibility index (Phi) is 7.39. The lowest BCUT2D eigenvalue weighted by Crippen LogP contribution is -2.27. The summed E-state index contributed by atoms with van der Waals surface area (Å²) in [5.74, 6) is 0. The molecule has 1 saturated carbocycles. The van der Waals surface area contributed by atoms with Crippen molar-refractivity contribution in [3.8, 4) is 0 Å². The fraction of sp³-hybridized carbons (Fsp3) is 1.00. The van der Waals surface area contributed by atoms with E-state index in [1.54, 1.807) is 0 Å². The zero-order valence-corrected chi connectivity index (χ0v) is 13.8. The Balaban J connectivity index is 2.53. The van der Waals surface area contributed by atoms with Gasteiger partial charge in [-0.3, -0.25) is 0 Å². The molecular weight excluding hydrogens is 321 g/mol. The van der Waals surface area contributed by atoms with Gasteiger partial charge in [-0.1, -0.05) is 68.5 Å². The summed E-state index contributed by atoms with van der Waals surface area (Å²) in [6, 6.07) is 0.473. The molecule has 2 heteroatoms. The number of hydrogen-bond acceptors (Lipinski definition) is 1. The minimum Gasteiger partial charge on any atom is -0.328 e. The zero-order valence-electron chi connectivity index (χ0n) is 11.7. The molecule has 102 valence electrons. The van der Waals surface area contributed by atoms with Gasteiger partial charge < -0.3 is 5.73 Å². The standard InChI is InChI=1S/C15H30IN/c1-3-14(16)15(2)11-7-4-5-9-13(17)10-6-8-12-15/h13-14H,3-12,17H2,1-2H3. The van der Waals surface area contributed by atoms with Crippen LogP contribution in [0, 0.1) is 5.41 Å². The van der Waals surface area contributed by atoms with Crippen LogP contribution in [0.15, 0.2) is 0 Å². The topological polar surface area (TPSA) is 26.0 Å². The van der Waals surface area contributed by atoms with Crippen LogP contribution in [0.4, 0.5) is 0 Å². The highest BCUT2D eigenvalue weighted by molar-refractivity contribution is 14.1. The Morgan fingerprint density at radius 1 is 1.12 bits per heavy atom. The summed E-state index contributed by atoms with van der Waals surface area (Å²) < 4.78 is 0.842. The number of hydrogen-bond donors (Lipinski definition) is 1. The van der Waals surface area contributed by atoms with Crippen LogP contribution in [0.25, 0.3) is 0 Å². The summed E-state index contributed by atoms with van der Waals surface area (Å²) in [4.78, 5) is 0. The second-order valence-corrected chi connectivity index (χ2v) is 7.64. The lowest BCUT2D eigenvalue weighted by molar-refractivity contribution is 0.249. The van der Waals surface area contributed by atoms with Crippen molar-refractivity contribution in [1.29, 1.82) is 0 Å². The summed E-state index contributed by atoms with van der Waals surface area (Å²) in [5.41, 5.74) is 6.70. The Morgan fingerprint density at radius 3 is 2.24 bits per heavy atom. The van der Waals surface area contributed by atoms with E-state index < -0.39 is 0 Å². The van der Waals surface area contributed by atoms with Crippen molar-refractivity contribution >= 4 is 22.6 Å². The lowest BCUT2D eigenvalue weighted by Gasteiger charge is -2.34. The van der Waals surface area contributed by atoms with Crippen LogP contribution in [-0.2, 0) is 0 Å². The quantitative estimate of drug-likeness (QED) is 0.546. The van der Waals surface area contributed by atoms with Gasteiger partial charge >= 0.3 is 0 Å². The molecule has 0 aromatic rings. The normalized spacial score (nSPS) is 34.9. The van der Waals surface area contributed by atoms with Gasteiger partial charge in [-0.2, -0.15) is 0 Å². The summed E-state index contributed by atoms with van der Waals surface area (Å²) >= 11 is 2.68. The molecule has 3 atom stereocenters. The molecule has 1 nitrogen and oxygen atoms in total. The monoisotopic (exact) mass is 351 g/mol. The Morgan fingerprint density at radius 2 is 1.65 bits per heavy atom. The molecule has 0 aromatic carbocycles. The number of nitrogens with two attached hydrogens (primary N) is 1. The highest BCUT2D eigenvalue weighted by Gasteiger charge is 2.30. The van der Waals surface area contributed by atoms with E-state index in [1.165, 1.54) is 64.2 Å². The summed E-state index contributed by atoms with van der Waals surface area (Å²) in [6.45, 7) is 4.86. The highest BCUT2D eigenvalue weighted by Crippen LogP contribution is 2.40. The maximum Gasteiger partial charge on any atom is 0.0161 e. The van der Waals surface area contributed by atoms with Gasteiger partial charge in [-0.15, -0.1) is 0 Å². The van der Waals surface area contributed by atoms with Crippen molar-refractivity contribution in [3.05, 3.63) is 0 Å². The van der Waals surface area contributed by atoms with Crippen LogP contribution in [0.5, 0.6) is 0 Å². The maximum absolute atomic E-state index is 6.13. The predicted octanol–water partition coefficient (Wildman–Crippen LogP) is 5.06. The van der Waals surface area contributed by atoms with Crippen molar-refractivity contribution in [3.63, 3.8) is 0 Å². The molecule has 0 amide bonds. The maximum atomic E-state index is 6.13. The fourth-order valence-corrected chi connectivity index (χ4v) is 3.75. The third-order valence-corrected chi connectivity index (χ3v) is 6.89. The molecule has 2 N–H and O–H groups in total. The number of alkyl halides is 1. The number of halogens is 1. The van der Waals surface area contributed by atoms with Gasteiger partial charge in [-0.25, -0.2) is 0 Å². The third kappa shape index (κ3) is 5.46. The Bertz CT molecular complexity index is 207. The van der Waals surface area contributed by atoms with E-state index in [9.17, 15) is 0 Å². The smallest absolute Gasteiger partial charge is 0.0161 e. The first kappa shape index (κ1) is 15.7. The van der Waals surface area contributed by atoms with Crippen LogP contribution in [0.2, 0.25) is 0 Å². The Hall–Kier alpha value is 0.690. The van der Waals surface area contributed by atoms with Crippen molar-refractivity contribution in [1.82, 2.24) is 0 Å². The summed E-state index contributed by atoms with van der Waals surface area (Å²) in [5, 5.41) is 0. The molecule has 1 aliphatic carbocycles. The largest absolute Gasteiger partial charge is 0.328 e. The molecule has 1 aliphatic rings. The van der Waals surface area contributed by atoms with Crippen molar-refractivity contribution in [2.24, 2.45) is 11.1 Å². The van der Waals surface area contributed by atoms with Gasteiger partial charge in [0.15, 0.2) is 0 Å². The summed E-state index contributed by atoms with van der Waals surface area (Å²) in [6.07, 6.45) is 13.5. The highest BCUT2D eigenvalue weighted by atomic mass is 127. The average Bonchev–Trinajstić information content (AvgIpc) is 2.35. The molecule has 0 heterocycles. The lowest BCUT2D eigenvalue weighted by atomic mass is 9.76. The molecule has 0 aromatic heterocycles. The van der Waals surface area contributed by atoms with E-state index in [4.69, 9.17) is 5.73 Å². The van der Waals surface area contributed by atoms with Gasteiger partial charge in [0.1, 0.15) is 0 Å². The van der Waals surface area contributed by atoms with Crippen molar-refractivity contribution in [2.75, 3.05) is 0 Å². The van der Waals surface area contributed by atoms with Gasteiger partial charge in [-0.05, 0) is 37.5 Å². The molecule has 0 bridgehead atoms. The predicted molar refractivity (Wildman–Crippen MR) is 85.7 cm³/mol. The molecule has 0 radical (unpaired) electrons. The van der Waals surface area contributed by atoms with Crippen LogP contribution >= 0.6 is 22.6 Å². The fourth-order valence-electron chi connectivity index (χ4n) is 3.12. The Labute approximate surface area is 121 Å². The van der Waals surface area contributed by atoms with Gasteiger partial charge in [0.25, 0.3) is 0 Å². The molecule has 1 rings (SSSR count).